The molecular weight excluding hydrogens is 200 g/mol. The molecule has 2 rings (SSSR count). The number of aryl methyl sites for hydroxylation is 1. The minimum atomic E-state index is 0.499. The van der Waals surface area contributed by atoms with Crippen LogP contribution in [0.5, 0.6) is 11.6 Å². The molecule has 1 aromatic heterocycles. The molecule has 0 unspecified atom stereocenters. The standard InChI is InChI=1S/C13H14N2O/c1-10-7-11(8-14)9-15-13(10)16-12-5-3-2-4-6-12/h2-7,9H,8,14H2,1H3. The number of hydrogen-bond donors (Lipinski definition) is 1. The molecule has 1 heterocycles. The number of hydrogen-bond acceptors (Lipinski definition) is 3. The lowest BCUT2D eigenvalue weighted by atomic mass is 10.2. The van der Waals surface area contributed by atoms with Gasteiger partial charge in [0.1, 0.15) is 5.75 Å². The summed E-state index contributed by atoms with van der Waals surface area (Å²) in [6.07, 6.45) is 1.74. The third-order valence-electron chi connectivity index (χ3n) is 2.28. The van der Waals surface area contributed by atoms with Crippen LogP contribution in [0, 0.1) is 6.92 Å². The largest absolute Gasteiger partial charge is 0.439 e. The highest BCUT2D eigenvalue weighted by molar-refractivity contribution is 5.33. The number of pyridine rings is 1. The zero-order chi connectivity index (χ0) is 11.4. The Morgan fingerprint density at radius 2 is 2.00 bits per heavy atom. The number of rotatable bonds is 3. The fourth-order valence-electron chi connectivity index (χ4n) is 1.44. The maximum absolute atomic E-state index is 5.66. The summed E-state index contributed by atoms with van der Waals surface area (Å²) >= 11 is 0. The van der Waals surface area contributed by atoms with Crippen molar-refractivity contribution in [2.45, 2.75) is 13.5 Å². The highest BCUT2D eigenvalue weighted by atomic mass is 16.5. The number of aromatic nitrogens is 1. The summed E-state index contributed by atoms with van der Waals surface area (Å²) in [4.78, 5) is 4.24. The van der Waals surface area contributed by atoms with E-state index in [4.69, 9.17) is 10.5 Å². The van der Waals surface area contributed by atoms with Gasteiger partial charge in [0.2, 0.25) is 5.88 Å². The van der Waals surface area contributed by atoms with Gasteiger partial charge in [0.15, 0.2) is 0 Å². The molecule has 2 aromatic rings. The highest BCUT2D eigenvalue weighted by Gasteiger charge is 2.03. The Morgan fingerprint density at radius 1 is 1.25 bits per heavy atom. The predicted molar refractivity (Wildman–Crippen MR) is 63.4 cm³/mol. The molecule has 0 saturated carbocycles. The molecular formula is C13H14N2O. The summed E-state index contributed by atoms with van der Waals surface area (Å²) in [5, 5.41) is 0. The zero-order valence-corrected chi connectivity index (χ0v) is 9.18. The van der Waals surface area contributed by atoms with Gasteiger partial charge in [0, 0.05) is 18.3 Å². The Bertz CT molecular complexity index is 469. The van der Waals surface area contributed by atoms with E-state index in [2.05, 4.69) is 4.98 Å². The number of benzene rings is 1. The van der Waals surface area contributed by atoms with Crippen LogP contribution in [0.25, 0.3) is 0 Å². The monoisotopic (exact) mass is 214 g/mol. The van der Waals surface area contributed by atoms with Crippen LogP contribution in [0.2, 0.25) is 0 Å². The second-order valence-electron chi connectivity index (χ2n) is 3.58. The van der Waals surface area contributed by atoms with Crippen molar-refractivity contribution in [2.24, 2.45) is 5.73 Å². The van der Waals surface area contributed by atoms with Crippen molar-refractivity contribution in [1.82, 2.24) is 4.98 Å². The Labute approximate surface area is 94.9 Å². The van der Waals surface area contributed by atoms with Gasteiger partial charge in [-0.1, -0.05) is 18.2 Å². The Morgan fingerprint density at radius 3 is 2.62 bits per heavy atom. The number of para-hydroxylation sites is 1. The van der Waals surface area contributed by atoms with Crippen molar-refractivity contribution < 1.29 is 4.74 Å². The summed E-state index contributed by atoms with van der Waals surface area (Å²) in [5.74, 6) is 1.42. The molecule has 0 radical (unpaired) electrons. The molecule has 0 saturated heterocycles. The molecule has 0 aliphatic heterocycles. The summed E-state index contributed by atoms with van der Waals surface area (Å²) in [6.45, 7) is 2.46. The van der Waals surface area contributed by atoms with E-state index in [-0.39, 0.29) is 0 Å². The minimum absolute atomic E-state index is 0.499. The van der Waals surface area contributed by atoms with Crippen LogP contribution in [-0.2, 0) is 6.54 Å². The Balaban J connectivity index is 2.22. The van der Waals surface area contributed by atoms with Gasteiger partial charge < -0.3 is 10.5 Å². The van der Waals surface area contributed by atoms with Gasteiger partial charge in [-0.25, -0.2) is 4.98 Å². The molecule has 1 aromatic carbocycles. The smallest absolute Gasteiger partial charge is 0.222 e. The average molecular weight is 214 g/mol. The first-order chi connectivity index (χ1) is 7.79. The SMILES string of the molecule is Cc1cc(CN)cnc1Oc1ccccc1. The maximum atomic E-state index is 5.66. The minimum Gasteiger partial charge on any atom is -0.439 e. The second-order valence-corrected chi connectivity index (χ2v) is 3.58. The third-order valence-corrected chi connectivity index (χ3v) is 2.28. The van der Waals surface area contributed by atoms with Crippen molar-refractivity contribution in [1.29, 1.82) is 0 Å². The van der Waals surface area contributed by atoms with Gasteiger partial charge in [0.05, 0.1) is 0 Å². The van der Waals surface area contributed by atoms with Gasteiger partial charge in [0.25, 0.3) is 0 Å². The van der Waals surface area contributed by atoms with E-state index in [9.17, 15) is 0 Å². The van der Waals surface area contributed by atoms with E-state index >= 15 is 0 Å². The maximum Gasteiger partial charge on any atom is 0.222 e. The lowest BCUT2D eigenvalue weighted by Crippen LogP contribution is -1.99. The molecule has 0 aliphatic carbocycles. The molecule has 0 fully saturated rings. The van der Waals surface area contributed by atoms with Gasteiger partial charge in [-0.05, 0) is 30.7 Å². The molecule has 0 bridgehead atoms. The summed E-state index contributed by atoms with van der Waals surface area (Å²) in [6, 6.07) is 11.6. The van der Waals surface area contributed by atoms with Gasteiger partial charge in [-0.15, -0.1) is 0 Å². The van der Waals surface area contributed by atoms with Crippen LogP contribution in [0.4, 0.5) is 0 Å². The summed E-state index contributed by atoms with van der Waals surface area (Å²) in [7, 11) is 0. The van der Waals surface area contributed by atoms with Crippen molar-refractivity contribution >= 4 is 0 Å². The number of ether oxygens (including phenoxy) is 1. The first-order valence-corrected chi connectivity index (χ1v) is 5.18. The quantitative estimate of drug-likeness (QED) is 0.854. The molecule has 3 nitrogen and oxygen atoms in total. The van der Waals surface area contributed by atoms with Crippen molar-refractivity contribution in [2.75, 3.05) is 0 Å². The molecule has 82 valence electrons. The normalized spacial score (nSPS) is 10.1. The fourth-order valence-corrected chi connectivity index (χ4v) is 1.44. The highest BCUT2D eigenvalue weighted by Crippen LogP contribution is 2.22. The molecule has 2 N–H and O–H groups in total. The van der Waals surface area contributed by atoms with Gasteiger partial charge >= 0.3 is 0 Å². The van der Waals surface area contributed by atoms with Gasteiger partial charge in [-0.3, -0.25) is 0 Å². The predicted octanol–water partition coefficient (Wildman–Crippen LogP) is 2.64. The van der Waals surface area contributed by atoms with Crippen LogP contribution < -0.4 is 10.5 Å². The van der Waals surface area contributed by atoms with E-state index in [0.29, 0.717) is 12.4 Å². The lowest BCUT2D eigenvalue weighted by Gasteiger charge is -2.08. The first-order valence-electron chi connectivity index (χ1n) is 5.18. The molecule has 16 heavy (non-hydrogen) atoms. The third kappa shape index (κ3) is 2.38. The zero-order valence-electron chi connectivity index (χ0n) is 9.18. The molecule has 3 heteroatoms. The number of nitrogens with two attached hydrogens (primary N) is 1. The fraction of sp³-hybridized carbons (Fsp3) is 0.154. The van der Waals surface area contributed by atoms with Crippen molar-refractivity contribution in [3.8, 4) is 11.6 Å². The van der Waals surface area contributed by atoms with Crippen molar-refractivity contribution in [3.63, 3.8) is 0 Å². The summed E-state index contributed by atoms with van der Waals surface area (Å²) in [5.41, 5.74) is 7.54. The second kappa shape index (κ2) is 4.77. The van der Waals surface area contributed by atoms with Crippen LogP contribution in [0.15, 0.2) is 42.6 Å². The van der Waals surface area contributed by atoms with E-state index in [1.54, 1.807) is 6.20 Å². The van der Waals surface area contributed by atoms with Crippen molar-refractivity contribution in [3.05, 3.63) is 53.7 Å². The van der Waals surface area contributed by atoms with E-state index in [1.807, 2.05) is 43.3 Å². The number of nitrogens with zero attached hydrogens (tertiary/aromatic N) is 1. The van der Waals surface area contributed by atoms with Gasteiger partial charge in [-0.2, -0.15) is 0 Å². The van der Waals surface area contributed by atoms with Crippen LogP contribution in [-0.4, -0.2) is 4.98 Å². The van der Waals surface area contributed by atoms with Crippen LogP contribution in [0.3, 0.4) is 0 Å². The van der Waals surface area contributed by atoms with Crippen LogP contribution in [0.1, 0.15) is 11.1 Å². The van der Waals surface area contributed by atoms with Crippen LogP contribution >= 0.6 is 0 Å². The van der Waals surface area contributed by atoms with E-state index in [1.165, 1.54) is 0 Å². The molecule has 0 atom stereocenters. The Hall–Kier alpha value is -1.87. The molecule has 0 amide bonds. The molecule has 0 spiro atoms. The first kappa shape index (κ1) is 10.6. The lowest BCUT2D eigenvalue weighted by molar-refractivity contribution is 0.458. The van der Waals surface area contributed by atoms with E-state index < -0.39 is 0 Å². The summed E-state index contributed by atoms with van der Waals surface area (Å²) < 4.78 is 5.66. The average Bonchev–Trinajstić information content (AvgIpc) is 2.33. The molecule has 0 aliphatic rings. The topological polar surface area (TPSA) is 48.1 Å². The van der Waals surface area contributed by atoms with E-state index in [0.717, 1.165) is 16.9 Å². The Kier molecular flexibility index (Phi) is 3.17.